The topological polar surface area (TPSA) is 71.4 Å². The molecule has 1 aromatic heterocycles. The van der Waals surface area contributed by atoms with Gasteiger partial charge in [-0.25, -0.2) is 9.79 Å². The van der Waals surface area contributed by atoms with E-state index in [-0.39, 0.29) is 25.0 Å². The molecule has 2 aromatic rings. The van der Waals surface area contributed by atoms with Crippen molar-refractivity contribution >= 4 is 40.1 Å². The molecule has 0 aliphatic carbocycles. The zero-order valence-electron chi connectivity index (χ0n) is 18.8. The average Bonchev–Trinajstić information content (AvgIpc) is 3.53. The number of esters is 1. The summed E-state index contributed by atoms with van der Waals surface area (Å²) in [6.45, 7) is 4.37. The maximum Gasteiger partial charge on any atom is 0.338 e. The molecule has 176 valence electrons. The first kappa shape index (κ1) is 22.9. The Labute approximate surface area is 206 Å². The van der Waals surface area contributed by atoms with Gasteiger partial charge < -0.3 is 19.3 Å². The van der Waals surface area contributed by atoms with E-state index in [2.05, 4.69) is 0 Å². The highest BCUT2D eigenvalue weighted by atomic mass is 32.2. The number of fused-ring (bicyclic) bond motifs is 1. The molecule has 9 heteroatoms. The summed E-state index contributed by atoms with van der Waals surface area (Å²) in [4.78, 5) is 36.0. The Morgan fingerprint density at radius 2 is 1.94 bits per heavy atom. The maximum absolute atomic E-state index is 13.4. The van der Waals surface area contributed by atoms with E-state index in [4.69, 9.17) is 14.5 Å². The van der Waals surface area contributed by atoms with Crippen LogP contribution in [0.15, 0.2) is 75.2 Å². The first-order valence-corrected chi connectivity index (χ1v) is 12.9. The fraction of sp³-hybridized carbons (Fsp3) is 0.320. The maximum atomic E-state index is 13.4. The number of hydrogen-bond acceptors (Lipinski definition) is 8. The predicted molar refractivity (Wildman–Crippen MR) is 133 cm³/mol. The molecule has 0 bridgehead atoms. The highest BCUT2D eigenvalue weighted by molar-refractivity contribution is 8.16. The number of morpholine rings is 1. The van der Waals surface area contributed by atoms with Crippen molar-refractivity contribution in [2.75, 3.05) is 26.3 Å². The smallest absolute Gasteiger partial charge is 0.338 e. The summed E-state index contributed by atoms with van der Waals surface area (Å²) in [6.07, 6.45) is 0.249. The summed E-state index contributed by atoms with van der Waals surface area (Å²) in [7, 11) is 0. The van der Waals surface area contributed by atoms with E-state index in [9.17, 15) is 9.59 Å². The van der Waals surface area contributed by atoms with Gasteiger partial charge in [0.05, 0.1) is 30.9 Å². The zero-order valence-corrected chi connectivity index (χ0v) is 20.4. The van der Waals surface area contributed by atoms with Gasteiger partial charge in [0.2, 0.25) is 5.91 Å². The number of ether oxygens (including phenoxy) is 2. The van der Waals surface area contributed by atoms with Crippen LogP contribution in [0.2, 0.25) is 0 Å². The van der Waals surface area contributed by atoms with Gasteiger partial charge in [-0.15, -0.1) is 11.3 Å². The summed E-state index contributed by atoms with van der Waals surface area (Å²) >= 11 is 3.07. The number of aliphatic imine (C=N–C) groups is 1. The van der Waals surface area contributed by atoms with Crippen LogP contribution in [0, 0.1) is 0 Å². The Bertz CT molecular complexity index is 1150. The molecule has 3 aliphatic heterocycles. The molecule has 7 nitrogen and oxygen atoms in total. The van der Waals surface area contributed by atoms with Gasteiger partial charge in [0.1, 0.15) is 12.6 Å². The monoisotopic (exact) mass is 495 g/mol. The number of benzene rings is 1. The number of thioether (sulfide) groups is 1. The predicted octanol–water partition coefficient (Wildman–Crippen LogP) is 4.32. The van der Waals surface area contributed by atoms with E-state index >= 15 is 0 Å². The standard InChI is InChI=1S/C25H25N3O4S2/c1-17-22(24(30)32-15-18-6-3-2-4-7-18)23(20-8-5-13-33-20)28-19(16-34-25(28)26-17)14-21(29)27-9-11-31-12-10-27/h2-8,13,16,23H,9-12,14-15H2,1H3. The number of amides is 1. The van der Waals surface area contributed by atoms with Crippen LogP contribution in [0.1, 0.15) is 29.8 Å². The van der Waals surface area contributed by atoms with Gasteiger partial charge in [-0.3, -0.25) is 4.79 Å². The van der Waals surface area contributed by atoms with E-state index in [0.717, 1.165) is 21.3 Å². The summed E-state index contributed by atoms with van der Waals surface area (Å²) in [6, 6.07) is 13.2. The Balaban J connectivity index is 1.41. The molecule has 1 unspecified atom stereocenters. The first-order valence-electron chi connectivity index (χ1n) is 11.2. The van der Waals surface area contributed by atoms with Crippen molar-refractivity contribution in [3.05, 3.63) is 80.7 Å². The van der Waals surface area contributed by atoms with Gasteiger partial charge >= 0.3 is 5.97 Å². The Hall–Kier alpha value is -2.88. The number of rotatable bonds is 6. The lowest BCUT2D eigenvalue weighted by Gasteiger charge is -2.36. The zero-order chi connectivity index (χ0) is 23.5. The second kappa shape index (κ2) is 10.2. The first-order chi connectivity index (χ1) is 16.6. The largest absolute Gasteiger partial charge is 0.457 e. The van der Waals surface area contributed by atoms with Crippen LogP contribution < -0.4 is 0 Å². The minimum Gasteiger partial charge on any atom is -0.457 e. The molecule has 0 spiro atoms. The summed E-state index contributed by atoms with van der Waals surface area (Å²) in [5, 5.41) is 4.75. The number of carbonyl (C=O) groups excluding carboxylic acids is 2. The molecule has 1 fully saturated rings. The van der Waals surface area contributed by atoms with Crippen LogP contribution in [-0.2, 0) is 25.7 Å². The molecule has 4 heterocycles. The second-order valence-electron chi connectivity index (χ2n) is 8.14. The molecule has 0 radical (unpaired) electrons. The van der Waals surface area contributed by atoms with E-state index in [1.165, 1.54) is 11.8 Å². The van der Waals surface area contributed by atoms with Crippen LogP contribution in [-0.4, -0.2) is 53.1 Å². The minimum atomic E-state index is -0.390. The third-order valence-electron chi connectivity index (χ3n) is 5.94. The molecular weight excluding hydrogens is 470 g/mol. The lowest BCUT2D eigenvalue weighted by molar-refractivity contribution is -0.141. The van der Waals surface area contributed by atoms with Crippen molar-refractivity contribution in [1.82, 2.24) is 9.80 Å². The van der Waals surface area contributed by atoms with Crippen LogP contribution >= 0.6 is 23.1 Å². The third-order valence-corrected chi connectivity index (χ3v) is 7.76. The molecule has 0 saturated carbocycles. The highest BCUT2D eigenvalue weighted by Gasteiger charge is 2.42. The molecule has 3 aliphatic rings. The summed E-state index contributed by atoms with van der Waals surface area (Å²) < 4.78 is 11.1. The van der Waals surface area contributed by atoms with Crippen molar-refractivity contribution in [3.63, 3.8) is 0 Å². The Kier molecular flexibility index (Phi) is 6.85. The van der Waals surface area contributed by atoms with Crippen molar-refractivity contribution in [3.8, 4) is 0 Å². The molecule has 1 amide bonds. The van der Waals surface area contributed by atoms with Gasteiger partial charge in [-0.05, 0) is 29.3 Å². The van der Waals surface area contributed by atoms with E-state index in [0.29, 0.717) is 37.6 Å². The number of nitrogens with zero attached hydrogens (tertiary/aromatic N) is 3. The fourth-order valence-electron chi connectivity index (χ4n) is 4.23. The lowest BCUT2D eigenvalue weighted by Crippen LogP contribution is -2.42. The fourth-order valence-corrected chi connectivity index (χ4v) is 6.01. The SMILES string of the molecule is CC1=C(C(=O)OCc2ccccc2)C(c2cccs2)N2C(CC(=O)N3CCOCC3)=CSC2=N1. The number of allylic oxidation sites excluding steroid dienone is 1. The van der Waals surface area contributed by atoms with Gasteiger partial charge in [-0.2, -0.15) is 0 Å². The van der Waals surface area contributed by atoms with Gasteiger partial charge in [-0.1, -0.05) is 48.2 Å². The third kappa shape index (κ3) is 4.68. The van der Waals surface area contributed by atoms with Crippen molar-refractivity contribution in [1.29, 1.82) is 0 Å². The quantitative estimate of drug-likeness (QED) is 0.556. The van der Waals surface area contributed by atoms with Crippen molar-refractivity contribution in [2.45, 2.75) is 26.0 Å². The van der Waals surface area contributed by atoms with Gasteiger partial charge in [0.15, 0.2) is 5.17 Å². The second-order valence-corrected chi connectivity index (χ2v) is 9.96. The summed E-state index contributed by atoms with van der Waals surface area (Å²) in [5.41, 5.74) is 2.92. The Morgan fingerprint density at radius 1 is 1.15 bits per heavy atom. The molecule has 5 rings (SSSR count). The number of amidine groups is 1. The van der Waals surface area contributed by atoms with Crippen LogP contribution in [0.3, 0.4) is 0 Å². The number of thiophene rings is 1. The molecule has 34 heavy (non-hydrogen) atoms. The molecule has 1 saturated heterocycles. The minimum absolute atomic E-state index is 0.0563. The molecular formula is C25H25N3O4S2. The number of carbonyl (C=O) groups is 2. The van der Waals surface area contributed by atoms with Crippen molar-refractivity contribution in [2.24, 2.45) is 4.99 Å². The van der Waals surface area contributed by atoms with E-state index in [1.807, 2.05) is 70.0 Å². The van der Waals surface area contributed by atoms with Crippen LogP contribution in [0.4, 0.5) is 0 Å². The molecule has 1 atom stereocenters. The van der Waals surface area contributed by atoms with Crippen LogP contribution in [0.5, 0.6) is 0 Å². The lowest BCUT2D eigenvalue weighted by atomic mass is 9.99. The molecule has 0 N–H and O–H groups in total. The van der Waals surface area contributed by atoms with E-state index in [1.54, 1.807) is 11.3 Å². The molecule has 1 aromatic carbocycles. The van der Waals surface area contributed by atoms with Crippen LogP contribution in [0.25, 0.3) is 0 Å². The summed E-state index contributed by atoms with van der Waals surface area (Å²) in [5.74, 6) is -0.334. The average molecular weight is 496 g/mol. The Morgan fingerprint density at radius 3 is 2.68 bits per heavy atom. The van der Waals surface area contributed by atoms with Gasteiger partial charge in [0.25, 0.3) is 0 Å². The highest BCUT2D eigenvalue weighted by Crippen LogP contribution is 2.46. The number of hydrogen-bond donors (Lipinski definition) is 0. The van der Waals surface area contributed by atoms with Crippen molar-refractivity contribution < 1.29 is 19.1 Å². The van der Waals surface area contributed by atoms with Gasteiger partial charge in [0, 0.05) is 23.7 Å². The normalized spacial score (nSPS) is 20.1. The van der Waals surface area contributed by atoms with E-state index < -0.39 is 5.97 Å².